The molecule has 0 saturated carbocycles. The molecule has 0 radical (unpaired) electrons. The highest BCUT2D eigenvalue weighted by atomic mass is 32.2. The van der Waals surface area contributed by atoms with Crippen LogP contribution in [-0.2, 0) is 22.3 Å². The smallest absolute Gasteiger partial charge is 0.213 e. The van der Waals surface area contributed by atoms with Crippen LogP contribution in [0.5, 0.6) is 0 Å². The molecule has 5 nitrogen and oxygen atoms in total. The molecule has 0 aliphatic carbocycles. The Bertz CT molecular complexity index is 639. The van der Waals surface area contributed by atoms with Gasteiger partial charge in [-0.15, -0.1) is 11.3 Å². The van der Waals surface area contributed by atoms with Crippen molar-refractivity contribution in [2.75, 3.05) is 11.9 Å². The second kappa shape index (κ2) is 5.68. The van der Waals surface area contributed by atoms with E-state index in [1.165, 1.54) is 0 Å². The van der Waals surface area contributed by atoms with Crippen molar-refractivity contribution in [2.45, 2.75) is 12.3 Å². The van der Waals surface area contributed by atoms with E-state index in [9.17, 15) is 8.42 Å². The first kappa shape index (κ1) is 14.0. The van der Waals surface area contributed by atoms with E-state index in [0.717, 1.165) is 10.7 Å². The van der Waals surface area contributed by atoms with Gasteiger partial charge in [0.1, 0.15) is 0 Å². The minimum absolute atomic E-state index is 0.137. The van der Waals surface area contributed by atoms with Crippen LogP contribution >= 0.6 is 11.3 Å². The number of aromatic nitrogens is 1. The van der Waals surface area contributed by atoms with Crippen molar-refractivity contribution in [3.8, 4) is 0 Å². The van der Waals surface area contributed by atoms with E-state index >= 15 is 0 Å². The van der Waals surface area contributed by atoms with E-state index in [-0.39, 0.29) is 5.75 Å². The Labute approximate surface area is 116 Å². The van der Waals surface area contributed by atoms with Crippen molar-refractivity contribution in [3.05, 3.63) is 47.0 Å². The summed E-state index contributed by atoms with van der Waals surface area (Å²) >= 11 is 1.56. The Morgan fingerprint density at radius 3 is 2.74 bits per heavy atom. The first-order valence-corrected chi connectivity index (χ1v) is 8.22. The van der Waals surface area contributed by atoms with Gasteiger partial charge in [0, 0.05) is 25.2 Å². The van der Waals surface area contributed by atoms with Crippen LogP contribution in [0.1, 0.15) is 11.1 Å². The number of nitrogens with two attached hydrogens (primary N) is 1. The highest BCUT2D eigenvalue weighted by molar-refractivity contribution is 7.88. The molecule has 0 amide bonds. The lowest BCUT2D eigenvalue weighted by Crippen LogP contribution is -2.17. The SMILES string of the molecule is CN(Cc1cccc(CS(N)(=O)=O)c1)c1nccs1. The molecule has 0 aliphatic heterocycles. The standard InChI is InChI=1S/C12H15N3O2S2/c1-15(12-14-5-6-18-12)8-10-3-2-4-11(7-10)9-19(13,16)17/h2-7H,8-9H2,1H3,(H2,13,16,17). The van der Waals surface area contributed by atoms with E-state index in [1.54, 1.807) is 23.6 Å². The van der Waals surface area contributed by atoms with Crippen LogP contribution in [0.3, 0.4) is 0 Å². The highest BCUT2D eigenvalue weighted by Crippen LogP contribution is 2.18. The molecule has 0 saturated heterocycles. The molecular formula is C12H15N3O2S2. The van der Waals surface area contributed by atoms with Crippen LogP contribution in [-0.4, -0.2) is 20.4 Å². The predicted molar refractivity (Wildman–Crippen MR) is 77.5 cm³/mol. The van der Waals surface area contributed by atoms with Crippen molar-refractivity contribution < 1.29 is 8.42 Å². The Morgan fingerprint density at radius 1 is 1.37 bits per heavy atom. The van der Waals surface area contributed by atoms with Gasteiger partial charge in [0.15, 0.2) is 5.13 Å². The number of sulfonamides is 1. The molecule has 2 N–H and O–H groups in total. The average Bonchev–Trinajstić information content (AvgIpc) is 2.80. The zero-order valence-electron chi connectivity index (χ0n) is 10.5. The van der Waals surface area contributed by atoms with E-state index in [4.69, 9.17) is 5.14 Å². The Morgan fingerprint density at radius 2 is 2.11 bits per heavy atom. The lowest BCUT2D eigenvalue weighted by molar-refractivity contribution is 0.597. The predicted octanol–water partition coefficient (Wildman–Crippen LogP) is 1.57. The highest BCUT2D eigenvalue weighted by Gasteiger charge is 2.08. The largest absolute Gasteiger partial charge is 0.347 e. The molecule has 102 valence electrons. The first-order valence-electron chi connectivity index (χ1n) is 5.63. The van der Waals surface area contributed by atoms with E-state index in [1.807, 2.05) is 35.5 Å². The molecule has 1 aromatic carbocycles. The van der Waals surface area contributed by atoms with Crippen molar-refractivity contribution >= 4 is 26.5 Å². The lowest BCUT2D eigenvalue weighted by atomic mass is 10.1. The number of hydrogen-bond acceptors (Lipinski definition) is 5. The molecule has 0 aliphatic rings. The summed E-state index contributed by atoms with van der Waals surface area (Å²) in [5.41, 5.74) is 1.73. The zero-order chi connectivity index (χ0) is 13.9. The maximum atomic E-state index is 11.1. The lowest BCUT2D eigenvalue weighted by Gasteiger charge is -2.16. The Balaban J connectivity index is 2.11. The van der Waals surface area contributed by atoms with Gasteiger partial charge in [-0.3, -0.25) is 0 Å². The van der Waals surface area contributed by atoms with Gasteiger partial charge >= 0.3 is 0 Å². The average molecular weight is 297 g/mol. The second-order valence-corrected chi connectivity index (χ2v) is 6.79. The summed E-state index contributed by atoms with van der Waals surface area (Å²) in [4.78, 5) is 6.24. The molecule has 0 spiro atoms. The van der Waals surface area contributed by atoms with E-state index in [2.05, 4.69) is 4.98 Å². The summed E-state index contributed by atoms with van der Waals surface area (Å²) in [6.07, 6.45) is 1.76. The fourth-order valence-electron chi connectivity index (χ4n) is 1.80. The van der Waals surface area contributed by atoms with Crippen molar-refractivity contribution in [1.82, 2.24) is 4.98 Å². The number of thiazole rings is 1. The molecule has 7 heteroatoms. The molecule has 1 aromatic heterocycles. The molecule has 19 heavy (non-hydrogen) atoms. The summed E-state index contributed by atoms with van der Waals surface area (Å²) in [7, 11) is -1.54. The maximum absolute atomic E-state index is 11.1. The summed E-state index contributed by atoms with van der Waals surface area (Å²) in [6.45, 7) is 0.673. The third-order valence-electron chi connectivity index (χ3n) is 2.52. The normalized spacial score (nSPS) is 11.5. The van der Waals surface area contributed by atoms with Crippen LogP contribution in [0.2, 0.25) is 0 Å². The van der Waals surface area contributed by atoms with Gasteiger partial charge in [0.05, 0.1) is 5.75 Å². The van der Waals surface area contributed by atoms with Gasteiger partial charge < -0.3 is 4.90 Å². The van der Waals surface area contributed by atoms with Crippen LogP contribution < -0.4 is 10.0 Å². The molecular weight excluding hydrogens is 282 g/mol. The maximum Gasteiger partial charge on any atom is 0.213 e. The number of primary sulfonamides is 1. The zero-order valence-corrected chi connectivity index (χ0v) is 12.1. The van der Waals surface area contributed by atoms with Crippen molar-refractivity contribution in [1.29, 1.82) is 0 Å². The quantitative estimate of drug-likeness (QED) is 0.909. The monoisotopic (exact) mass is 297 g/mol. The van der Waals surface area contributed by atoms with Gasteiger partial charge in [-0.1, -0.05) is 24.3 Å². The fourth-order valence-corrected chi connectivity index (χ4v) is 3.05. The fraction of sp³-hybridized carbons (Fsp3) is 0.250. The first-order chi connectivity index (χ1) is 8.94. The van der Waals surface area contributed by atoms with Gasteiger partial charge in [0.2, 0.25) is 10.0 Å². The molecule has 0 bridgehead atoms. The summed E-state index contributed by atoms with van der Waals surface area (Å²) in [6, 6.07) is 7.41. The van der Waals surface area contributed by atoms with Crippen LogP contribution in [0.15, 0.2) is 35.8 Å². The summed E-state index contributed by atoms with van der Waals surface area (Å²) < 4.78 is 22.2. The number of anilines is 1. The molecule has 2 rings (SSSR count). The number of benzene rings is 1. The van der Waals surface area contributed by atoms with Crippen LogP contribution in [0, 0.1) is 0 Å². The third kappa shape index (κ3) is 4.30. The third-order valence-corrected chi connectivity index (χ3v) is 4.15. The minimum atomic E-state index is -3.49. The summed E-state index contributed by atoms with van der Waals surface area (Å²) in [5, 5.41) is 7.90. The number of hydrogen-bond donors (Lipinski definition) is 1. The van der Waals surface area contributed by atoms with Gasteiger partial charge in [-0.25, -0.2) is 18.5 Å². The second-order valence-electron chi connectivity index (χ2n) is 4.30. The molecule has 1 heterocycles. The van der Waals surface area contributed by atoms with Gasteiger partial charge in [0.25, 0.3) is 0 Å². The molecule has 2 aromatic rings. The number of rotatable bonds is 5. The Hall–Kier alpha value is -1.44. The van der Waals surface area contributed by atoms with Crippen molar-refractivity contribution in [3.63, 3.8) is 0 Å². The van der Waals surface area contributed by atoms with E-state index in [0.29, 0.717) is 12.1 Å². The number of nitrogens with zero attached hydrogens (tertiary/aromatic N) is 2. The molecule has 0 fully saturated rings. The van der Waals surface area contributed by atoms with Crippen LogP contribution in [0.25, 0.3) is 0 Å². The van der Waals surface area contributed by atoms with Gasteiger partial charge in [-0.05, 0) is 11.1 Å². The van der Waals surface area contributed by atoms with E-state index < -0.39 is 10.0 Å². The van der Waals surface area contributed by atoms with Crippen LogP contribution in [0.4, 0.5) is 5.13 Å². The molecule has 0 unspecified atom stereocenters. The topological polar surface area (TPSA) is 76.3 Å². The Kier molecular flexibility index (Phi) is 4.18. The van der Waals surface area contributed by atoms with Gasteiger partial charge in [-0.2, -0.15) is 0 Å². The molecule has 0 atom stereocenters. The van der Waals surface area contributed by atoms with Crippen molar-refractivity contribution in [2.24, 2.45) is 5.14 Å². The summed E-state index contributed by atoms with van der Waals surface area (Å²) in [5.74, 6) is -0.137. The minimum Gasteiger partial charge on any atom is -0.347 e.